The number of rotatable bonds is 3. The molecule has 0 fully saturated rings. The number of halogens is 1. The Bertz CT molecular complexity index is 572. The zero-order chi connectivity index (χ0) is 12.6. The summed E-state index contributed by atoms with van der Waals surface area (Å²) in [6.45, 7) is 3.88. The van der Waals surface area contributed by atoms with Crippen molar-refractivity contribution in [2.24, 2.45) is 0 Å². The molecule has 0 atom stereocenters. The zero-order valence-electron chi connectivity index (χ0n) is 9.77. The molecule has 1 aromatic heterocycles. The highest BCUT2D eigenvalue weighted by Crippen LogP contribution is 2.27. The Kier molecular flexibility index (Phi) is 2.88. The monoisotopic (exact) mass is 235 g/mol. The first-order valence-corrected chi connectivity index (χ1v) is 5.50. The highest BCUT2D eigenvalue weighted by atomic mass is 19.1. The van der Waals surface area contributed by atoms with E-state index >= 15 is 0 Å². The summed E-state index contributed by atoms with van der Waals surface area (Å²) in [6, 6.07) is 4.85. The third-order valence-electron chi connectivity index (χ3n) is 2.78. The van der Waals surface area contributed by atoms with Crippen molar-refractivity contribution >= 4 is 16.9 Å². The number of nitrogens with zero attached hydrogens (tertiary/aromatic N) is 1. The summed E-state index contributed by atoms with van der Waals surface area (Å²) >= 11 is 0. The van der Waals surface area contributed by atoms with E-state index in [-0.39, 0.29) is 18.3 Å². The molecule has 3 nitrogen and oxygen atoms in total. The third-order valence-corrected chi connectivity index (χ3v) is 2.78. The summed E-state index contributed by atoms with van der Waals surface area (Å²) < 4.78 is 15.6. The number of carboxylic acids is 1. The fraction of sp³-hybridized carbons (Fsp3) is 0.308. The van der Waals surface area contributed by atoms with Crippen molar-refractivity contribution in [3.63, 3.8) is 0 Å². The van der Waals surface area contributed by atoms with Crippen molar-refractivity contribution in [2.45, 2.75) is 26.3 Å². The van der Waals surface area contributed by atoms with Gasteiger partial charge in [-0.25, -0.2) is 4.39 Å². The van der Waals surface area contributed by atoms with E-state index in [0.717, 1.165) is 0 Å². The van der Waals surface area contributed by atoms with E-state index in [2.05, 4.69) is 0 Å². The largest absolute Gasteiger partial charge is 0.481 e. The first kappa shape index (κ1) is 11.6. The van der Waals surface area contributed by atoms with E-state index in [9.17, 15) is 9.18 Å². The van der Waals surface area contributed by atoms with Crippen LogP contribution in [0.5, 0.6) is 0 Å². The maximum atomic E-state index is 13.8. The van der Waals surface area contributed by atoms with Crippen molar-refractivity contribution in [3.8, 4) is 0 Å². The molecular formula is C13H14FNO2. The van der Waals surface area contributed by atoms with Gasteiger partial charge in [-0.05, 0) is 25.5 Å². The van der Waals surface area contributed by atoms with Gasteiger partial charge in [0.05, 0.1) is 11.9 Å². The first-order valence-electron chi connectivity index (χ1n) is 5.50. The number of aromatic nitrogens is 1. The molecule has 0 amide bonds. The maximum Gasteiger partial charge on any atom is 0.307 e. The van der Waals surface area contributed by atoms with Crippen LogP contribution in [0, 0.1) is 5.82 Å². The number of benzene rings is 1. The molecule has 2 aromatic rings. The predicted octanol–water partition coefficient (Wildman–Crippen LogP) is 2.99. The zero-order valence-corrected chi connectivity index (χ0v) is 9.77. The van der Waals surface area contributed by atoms with E-state index in [1.54, 1.807) is 22.9 Å². The Morgan fingerprint density at radius 3 is 2.76 bits per heavy atom. The summed E-state index contributed by atoms with van der Waals surface area (Å²) in [5.41, 5.74) is 1.14. The standard InChI is InChI=1S/C13H14FNO2/c1-8(2)15-7-9(6-12(16)17)10-4-3-5-11(14)13(10)15/h3-5,7-8H,6H2,1-2H3,(H,16,17). The van der Waals surface area contributed by atoms with Crippen LogP contribution in [0.25, 0.3) is 10.9 Å². The van der Waals surface area contributed by atoms with Crippen LogP contribution in [0.1, 0.15) is 25.5 Å². The van der Waals surface area contributed by atoms with Crippen LogP contribution in [0.4, 0.5) is 4.39 Å². The lowest BCUT2D eigenvalue weighted by Crippen LogP contribution is -2.01. The molecule has 0 aliphatic carbocycles. The number of hydrogen-bond donors (Lipinski definition) is 1. The molecule has 0 saturated carbocycles. The minimum atomic E-state index is -0.905. The highest BCUT2D eigenvalue weighted by Gasteiger charge is 2.15. The third kappa shape index (κ3) is 2.02. The Labute approximate surface area is 98.5 Å². The van der Waals surface area contributed by atoms with Gasteiger partial charge in [-0.1, -0.05) is 12.1 Å². The number of carboxylic acid groups (broad SMARTS) is 1. The van der Waals surface area contributed by atoms with Crippen LogP contribution in [-0.2, 0) is 11.2 Å². The second kappa shape index (κ2) is 4.20. The van der Waals surface area contributed by atoms with Crippen molar-refractivity contribution in [1.82, 2.24) is 4.57 Å². The van der Waals surface area contributed by atoms with Crippen LogP contribution in [0.2, 0.25) is 0 Å². The van der Waals surface area contributed by atoms with E-state index in [0.29, 0.717) is 16.5 Å². The molecule has 1 N–H and O–H groups in total. The average Bonchev–Trinajstić information content (AvgIpc) is 2.58. The lowest BCUT2D eigenvalue weighted by atomic mass is 10.1. The fourth-order valence-electron chi connectivity index (χ4n) is 2.05. The quantitative estimate of drug-likeness (QED) is 0.888. The molecule has 0 spiro atoms. The van der Waals surface area contributed by atoms with Gasteiger partial charge in [0.25, 0.3) is 0 Å². The molecule has 0 aliphatic heterocycles. The molecule has 0 radical (unpaired) electrons. The van der Waals surface area contributed by atoms with Crippen LogP contribution in [0.3, 0.4) is 0 Å². The van der Waals surface area contributed by atoms with Crippen LogP contribution >= 0.6 is 0 Å². The average molecular weight is 235 g/mol. The Morgan fingerprint density at radius 2 is 2.18 bits per heavy atom. The van der Waals surface area contributed by atoms with Gasteiger partial charge in [-0.3, -0.25) is 4.79 Å². The van der Waals surface area contributed by atoms with Crippen LogP contribution in [0.15, 0.2) is 24.4 Å². The summed E-state index contributed by atoms with van der Waals surface area (Å²) in [7, 11) is 0. The molecule has 0 saturated heterocycles. The summed E-state index contributed by atoms with van der Waals surface area (Å²) in [4.78, 5) is 10.8. The Balaban J connectivity index is 2.71. The number of aliphatic carboxylic acids is 1. The summed E-state index contributed by atoms with van der Waals surface area (Å²) in [6.07, 6.45) is 1.65. The molecule has 0 bridgehead atoms. The molecule has 90 valence electrons. The molecule has 1 aromatic carbocycles. The predicted molar refractivity (Wildman–Crippen MR) is 63.6 cm³/mol. The SMILES string of the molecule is CC(C)n1cc(CC(=O)O)c2cccc(F)c21. The minimum absolute atomic E-state index is 0.0837. The normalized spacial score (nSPS) is 11.3. The van der Waals surface area contributed by atoms with Gasteiger partial charge < -0.3 is 9.67 Å². The molecule has 4 heteroatoms. The molecule has 1 heterocycles. The van der Waals surface area contributed by atoms with Gasteiger partial charge in [0.1, 0.15) is 5.82 Å². The second-order valence-electron chi connectivity index (χ2n) is 4.36. The van der Waals surface area contributed by atoms with Gasteiger partial charge in [0, 0.05) is 17.6 Å². The molecule has 2 rings (SSSR count). The van der Waals surface area contributed by atoms with Crippen molar-refractivity contribution in [3.05, 3.63) is 35.8 Å². The van der Waals surface area contributed by atoms with E-state index in [1.165, 1.54) is 6.07 Å². The van der Waals surface area contributed by atoms with Gasteiger partial charge in [0.15, 0.2) is 0 Å². The lowest BCUT2D eigenvalue weighted by Gasteiger charge is -2.09. The molecule has 0 aliphatic rings. The fourth-order valence-corrected chi connectivity index (χ4v) is 2.05. The van der Waals surface area contributed by atoms with Gasteiger partial charge >= 0.3 is 5.97 Å². The van der Waals surface area contributed by atoms with Gasteiger partial charge in [0.2, 0.25) is 0 Å². The smallest absolute Gasteiger partial charge is 0.307 e. The van der Waals surface area contributed by atoms with Crippen molar-refractivity contribution in [1.29, 1.82) is 0 Å². The van der Waals surface area contributed by atoms with Gasteiger partial charge in [-0.2, -0.15) is 0 Å². The van der Waals surface area contributed by atoms with Gasteiger partial charge in [-0.15, -0.1) is 0 Å². The lowest BCUT2D eigenvalue weighted by molar-refractivity contribution is -0.136. The number of fused-ring (bicyclic) bond motifs is 1. The second-order valence-corrected chi connectivity index (χ2v) is 4.36. The van der Waals surface area contributed by atoms with Crippen LogP contribution in [-0.4, -0.2) is 15.6 Å². The topological polar surface area (TPSA) is 42.2 Å². The first-order chi connectivity index (χ1) is 8.00. The summed E-state index contributed by atoms with van der Waals surface area (Å²) in [5.74, 6) is -1.22. The molecule has 17 heavy (non-hydrogen) atoms. The number of para-hydroxylation sites is 1. The number of hydrogen-bond acceptors (Lipinski definition) is 1. The maximum absolute atomic E-state index is 13.8. The highest BCUT2D eigenvalue weighted by molar-refractivity contribution is 5.88. The Hall–Kier alpha value is -1.84. The van der Waals surface area contributed by atoms with E-state index < -0.39 is 5.97 Å². The minimum Gasteiger partial charge on any atom is -0.481 e. The molecule has 0 unspecified atom stereocenters. The van der Waals surface area contributed by atoms with Crippen molar-refractivity contribution in [2.75, 3.05) is 0 Å². The van der Waals surface area contributed by atoms with Crippen LogP contribution < -0.4 is 0 Å². The summed E-state index contributed by atoms with van der Waals surface area (Å²) in [5, 5.41) is 9.52. The number of carbonyl (C=O) groups is 1. The van der Waals surface area contributed by atoms with E-state index in [1.807, 2.05) is 13.8 Å². The Morgan fingerprint density at radius 1 is 1.47 bits per heavy atom. The molecular weight excluding hydrogens is 221 g/mol. The van der Waals surface area contributed by atoms with Crippen molar-refractivity contribution < 1.29 is 14.3 Å². The van der Waals surface area contributed by atoms with E-state index in [4.69, 9.17) is 5.11 Å².